The normalized spacial score (nSPS) is 15.8. The quantitative estimate of drug-likeness (QED) is 0.813. The molecule has 130 valence electrons. The zero-order chi connectivity index (χ0) is 17.3. The van der Waals surface area contributed by atoms with Crippen molar-refractivity contribution in [1.82, 2.24) is 13.8 Å². The van der Waals surface area contributed by atoms with Gasteiger partial charge in [-0.2, -0.15) is 4.31 Å². The number of rotatable bonds is 5. The molecule has 0 saturated carbocycles. The van der Waals surface area contributed by atoms with Crippen LogP contribution in [-0.2, 0) is 23.6 Å². The average Bonchev–Trinajstić information content (AvgIpc) is 3.28. The highest BCUT2D eigenvalue weighted by Crippen LogP contribution is 2.23. The highest BCUT2D eigenvalue weighted by Gasteiger charge is 2.29. The van der Waals surface area contributed by atoms with E-state index in [0.29, 0.717) is 25.3 Å². The van der Waals surface area contributed by atoms with Crippen molar-refractivity contribution >= 4 is 27.3 Å². The second kappa shape index (κ2) is 6.70. The van der Waals surface area contributed by atoms with Crippen LogP contribution in [0.1, 0.15) is 28.2 Å². The molecule has 0 N–H and O–H groups in total. The largest absolute Gasteiger partial charge is 0.345 e. The summed E-state index contributed by atoms with van der Waals surface area (Å²) in [6.45, 7) is 1.62. The van der Waals surface area contributed by atoms with Crippen molar-refractivity contribution in [2.45, 2.75) is 24.3 Å². The lowest BCUT2D eigenvalue weighted by atomic mass is 10.3. The molecule has 24 heavy (non-hydrogen) atoms. The van der Waals surface area contributed by atoms with Crippen LogP contribution in [-0.4, -0.2) is 48.2 Å². The lowest BCUT2D eigenvalue weighted by Crippen LogP contribution is -2.28. The Morgan fingerprint density at radius 3 is 2.67 bits per heavy atom. The summed E-state index contributed by atoms with van der Waals surface area (Å²) in [4.78, 5) is 15.5. The second-order valence-corrected chi connectivity index (χ2v) is 8.99. The van der Waals surface area contributed by atoms with Crippen molar-refractivity contribution in [3.05, 3.63) is 40.3 Å². The van der Waals surface area contributed by atoms with E-state index in [0.717, 1.165) is 17.7 Å². The van der Waals surface area contributed by atoms with Crippen LogP contribution >= 0.6 is 11.3 Å². The first-order valence-electron chi connectivity index (χ1n) is 7.84. The van der Waals surface area contributed by atoms with Gasteiger partial charge in [0.25, 0.3) is 5.91 Å². The molecular formula is C16H21N3O3S2. The van der Waals surface area contributed by atoms with E-state index in [4.69, 9.17) is 0 Å². The van der Waals surface area contributed by atoms with Crippen molar-refractivity contribution in [3.8, 4) is 0 Å². The SMILES string of the molecule is CN(Cc1cccs1)C(=O)c1cc(S(=O)(=O)N2CCCC2)cn1C. The molecule has 0 unspecified atom stereocenters. The van der Waals surface area contributed by atoms with Crippen molar-refractivity contribution in [3.63, 3.8) is 0 Å². The third kappa shape index (κ3) is 3.26. The van der Waals surface area contributed by atoms with Gasteiger partial charge in [0.2, 0.25) is 10.0 Å². The average molecular weight is 367 g/mol. The van der Waals surface area contributed by atoms with Crippen LogP contribution in [0.3, 0.4) is 0 Å². The van der Waals surface area contributed by atoms with Crippen molar-refractivity contribution in [2.75, 3.05) is 20.1 Å². The number of aromatic nitrogens is 1. The fourth-order valence-electron chi connectivity index (χ4n) is 2.87. The molecule has 2 aromatic heterocycles. The third-order valence-electron chi connectivity index (χ3n) is 4.22. The smallest absolute Gasteiger partial charge is 0.270 e. The Bertz CT molecular complexity index is 819. The Morgan fingerprint density at radius 2 is 2.04 bits per heavy atom. The minimum Gasteiger partial charge on any atom is -0.345 e. The summed E-state index contributed by atoms with van der Waals surface area (Å²) >= 11 is 1.59. The molecule has 0 bridgehead atoms. The number of sulfonamides is 1. The summed E-state index contributed by atoms with van der Waals surface area (Å²) in [5.41, 5.74) is 0.381. The minimum atomic E-state index is -3.51. The zero-order valence-electron chi connectivity index (χ0n) is 13.8. The minimum absolute atomic E-state index is 0.186. The molecule has 0 aromatic carbocycles. The molecule has 1 saturated heterocycles. The van der Waals surface area contributed by atoms with Crippen LogP contribution in [0.2, 0.25) is 0 Å². The van der Waals surface area contributed by atoms with Gasteiger partial charge in [-0.05, 0) is 30.4 Å². The highest BCUT2D eigenvalue weighted by atomic mass is 32.2. The first-order chi connectivity index (χ1) is 11.4. The number of carbonyl (C=O) groups is 1. The first-order valence-corrected chi connectivity index (χ1v) is 10.2. The third-order valence-corrected chi connectivity index (χ3v) is 6.95. The van der Waals surface area contributed by atoms with Gasteiger partial charge in [0.15, 0.2) is 0 Å². The summed E-state index contributed by atoms with van der Waals surface area (Å²) in [6.07, 6.45) is 3.31. The van der Waals surface area contributed by atoms with Gasteiger partial charge in [0, 0.05) is 38.3 Å². The Balaban J connectivity index is 1.82. The van der Waals surface area contributed by atoms with E-state index >= 15 is 0 Å². The van der Waals surface area contributed by atoms with Crippen LogP contribution < -0.4 is 0 Å². The predicted octanol–water partition coefficient (Wildman–Crippen LogP) is 2.14. The van der Waals surface area contributed by atoms with Gasteiger partial charge < -0.3 is 9.47 Å². The predicted molar refractivity (Wildman–Crippen MR) is 93.5 cm³/mol. The molecule has 0 spiro atoms. The molecule has 0 radical (unpaired) electrons. The number of nitrogens with zero attached hydrogens (tertiary/aromatic N) is 3. The maximum absolute atomic E-state index is 12.7. The molecule has 0 aliphatic carbocycles. The summed E-state index contributed by atoms with van der Waals surface area (Å²) in [7, 11) is -0.0762. The molecule has 6 nitrogen and oxygen atoms in total. The van der Waals surface area contributed by atoms with Crippen LogP contribution in [0.25, 0.3) is 0 Å². The highest BCUT2D eigenvalue weighted by molar-refractivity contribution is 7.89. The van der Waals surface area contributed by atoms with Crippen molar-refractivity contribution in [1.29, 1.82) is 0 Å². The van der Waals surface area contributed by atoms with E-state index in [2.05, 4.69) is 0 Å². The van der Waals surface area contributed by atoms with Crippen LogP contribution in [0, 0.1) is 0 Å². The Kier molecular flexibility index (Phi) is 4.80. The Morgan fingerprint density at radius 1 is 1.33 bits per heavy atom. The van der Waals surface area contributed by atoms with E-state index in [1.807, 2.05) is 17.5 Å². The monoisotopic (exact) mass is 367 g/mol. The van der Waals surface area contributed by atoms with Crippen molar-refractivity contribution < 1.29 is 13.2 Å². The maximum Gasteiger partial charge on any atom is 0.270 e. The van der Waals surface area contributed by atoms with Gasteiger partial charge >= 0.3 is 0 Å². The number of thiophene rings is 1. The molecule has 1 aliphatic heterocycles. The van der Waals surface area contributed by atoms with Gasteiger partial charge in [-0.3, -0.25) is 4.79 Å². The molecular weight excluding hydrogens is 346 g/mol. The molecule has 0 atom stereocenters. The summed E-state index contributed by atoms with van der Waals surface area (Å²) < 4.78 is 28.4. The Labute approximate surface area is 146 Å². The number of hydrogen-bond acceptors (Lipinski definition) is 4. The molecule has 1 amide bonds. The molecule has 3 rings (SSSR count). The van der Waals surface area contributed by atoms with Gasteiger partial charge in [-0.25, -0.2) is 8.42 Å². The standard InChI is InChI=1S/C16H21N3O3S2/c1-17-12-14(24(21,22)19-7-3-4-8-19)10-15(17)16(20)18(2)11-13-6-5-9-23-13/h5-6,9-10,12H,3-4,7-8,11H2,1-2H3. The topological polar surface area (TPSA) is 62.6 Å². The van der Waals surface area contributed by atoms with E-state index < -0.39 is 10.0 Å². The molecule has 3 heterocycles. The van der Waals surface area contributed by atoms with E-state index in [-0.39, 0.29) is 10.8 Å². The number of hydrogen-bond donors (Lipinski definition) is 0. The molecule has 1 fully saturated rings. The summed E-state index contributed by atoms with van der Waals surface area (Å²) in [5, 5.41) is 1.97. The van der Waals surface area contributed by atoms with Crippen LogP contribution in [0.4, 0.5) is 0 Å². The summed E-state index contributed by atoms with van der Waals surface area (Å²) in [5.74, 6) is -0.186. The molecule has 2 aromatic rings. The molecule has 1 aliphatic rings. The number of amides is 1. The number of carbonyl (C=O) groups excluding carboxylic acids is 1. The van der Waals surface area contributed by atoms with E-state index in [1.165, 1.54) is 16.6 Å². The maximum atomic E-state index is 12.7. The number of aryl methyl sites for hydroxylation is 1. The van der Waals surface area contributed by atoms with Crippen molar-refractivity contribution in [2.24, 2.45) is 7.05 Å². The van der Waals surface area contributed by atoms with Gasteiger partial charge in [0.1, 0.15) is 10.6 Å². The lowest BCUT2D eigenvalue weighted by Gasteiger charge is -2.16. The van der Waals surface area contributed by atoms with Gasteiger partial charge in [-0.1, -0.05) is 6.07 Å². The fraction of sp³-hybridized carbons (Fsp3) is 0.438. The summed E-state index contributed by atoms with van der Waals surface area (Å²) in [6, 6.07) is 5.41. The van der Waals surface area contributed by atoms with E-state index in [1.54, 1.807) is 34.9 Å². The Hall–Kier alpha value is -1.64. The lowest BCUT2D eigenvalue weighted by molar-refractivity contribution is 0.0777. The first kappa shape index (κ1) is 17.2. The zero-order valence-corrected chi connectivity index (χ0v) is 15.4. The fourth-order valence-corrected chi connectivity index (χ4v) is 5.22. The second-order valence-electron chi connectivity index (χ2n) is 6.02. The van der Waals surface area contributed by atoms with Gasteiger partial charge in [0.05, 0.1) is 6.54 Å². The molecule has 8 heteroatoms. The van der Waals surface area contributed by atoms with Gasteiger partial charge in [-0.15, -0.1) is 11.3 Å². The van der Waals surface area contributed by atoms with Crippen LogP contribution in [0.15, 0.2) is 34.7 Å². The van der Waals surface area contributed by atoms with Crippen LogP contribution in [0.5, 0.6) is 0 Å². The van der Waals surface area contributed by atoms with E-state index in [9.17, 15) is 13.2 Å².